The Hall–Kier alpha value is -1.55. The summed E-state index contributed by atoms with van der Waals surface area (Å²) in [5, 5.41) is 2.90. The van der Waals surface area contributed by atoms with Crippen LogP contribution >= 0.6 is 0 Å². The van der Waals surface area contributed by atoms with E-state index in [-0.39, 0.29) is 12.3 Å². The Bertz CT molecular complexity index is 284. The molecule has 0 radical (unpaired) electrons. The van der Waals surface area contributed by atoms with Crippen molar-refractivity contribution in [3.05, 3.63) is 36.9 Å². The van der Waals surface area contributed by atoms with Gasteiger partial charge in [-0.15, -0.1) is 6.58 Å². The standard InChI is InChI=1S/C9H11N3O/c1-2-3-10-7-9(13)8-6-11-4-5-12-8/h2,4-6,10H,1,3,7H2. The van der Waals surface area contributed by atoms with Crippen molar-refractivity contribution in [2.75, 3.05) is 13.1 Å². The van der Waals surface area contributed by atoms with Crippen LogP contribution in [0.4, 0.5) is 0 Å². The molecule has 1 rings (SSSR count). The van der Waals surface area contributed by atoms with E-state index < -0.39 is 0 Å². The molecule has 0 saturated carbocycles. The number of carbonyl (C=O) groups excluding carboxylic acids is 1. The van der Waals surface area contributed by atoms with E-state index >= 15 is 0 Å². The van der Waals surface area contributed by atoms with Gasteiger partial charge in [0.05, 0.1) is 12.7 Å². The summed E-state index contributed by atoms with van der Waals surface area (Å²) in [4.78, 5) is 19.0. The Kier molecular flexibility index (Phi) is 3.78. The lowest BCUT2D eigenvalue weighted by molar-refractivity contribution is 0.0987. The molecule has 0 atom stereocenters. The van der Waals surface area contributed by atoms with Crippen LogP contribution in [-0.4, -0.2) is 28.8 Å². The molecule has 0 aliphatic carbocycles. The molecule has 13 heavy (non-hydrogen) atoms. The molecular weight excluding hydrogens is 166 g/mol. The molecule has 0 bridgehead atoms. The van der Waals surface area contributed by atoms with Gasteiger partial charge in [0.25, 0.3) is 0 Å². The van der Waals surface area contributed by atoms with Gasteiger partial charge in [-0.1, -0.05) is 6.08 Å². The first kappa shape index (κ1) is 9.54. The molecule has 0 aliphatic rings. The van der Waals surface area contributed by atoms with Crippen LogP contribution in [0.1, 0.15) is 10.5 Å². The summed E-state index contributed by atoms with van der Waals surface area (Å²) in [7, 11) is 0. The normalized spacial score (nSPS) is 9.54. The molecule has 1 aromatic heterocycles. The van der Waals surface area contributed by atoms with E-state index in [2.05, 4.69) is 21.9 Å². The van der Waals surface area contributed by atoms with Crippen molar-refractivity contribution in [3.63, 3.8) is 0 Å². The highest BCUT2D eigenvalue weighted by atomic mass is 16.1. The van der Waals surface area contributed by atoms with Crippen LogP contribution in [0.15, 0.2) is 31.2 Å². The molecule has 68 valence electrons. The van der Waals surface area contributed by atoms with E-state index in [4.69, 9.17) is 0 Å². The van der Waals surface area contributed by atoms with E-state index in [1.807, 2.05) is 0 Å². The summed E-state index contributed by atoms with van der Waals surface area (Å²) in [5.41, 5.74) is 0.388. The van der Waals surface area contributed by atoms with Crippen LogP contribution in [0, 0.1) is 0 Å². The van der Waals surface area contributed by atoms with Crippen molar-refractivity contribution in [1.29, 1.82) is 0 Å². The second-order valence-corrected chi connectivity index (χ2v) is 2.43. The van der Waals surface area contributed by atoms with Gasteiger partial charge in [-0.05, 0) is 0 Å². The Morgan fingerprint density at radius 1 is 1.62 bits per heavy atom. The van der Waals surface area contributed by atoms with Gasteiger partial charge in [0.2, 0.25) is 0 Å². The van der Waals surface area contributed by atoms with Crippen LogP contribution < -0.4 is 5.32 Å². The monoisotopic (exact) mass is 177 g/mol. The summed E-state index contributed by atoms with van der Waals surface area (Å²) in [5.74, 6) is -0.0602. The highest BCUT2D eigenvalue weighted by Gasteiger charge is 2.04. The molecule has 1 N–H and O–H groups in total. The highest BCUT2D eigenvalue weighted by Crippen LogP contribution is 1.90. The van der Waals surface area contributed by atoms with E-state index in [9.17, 15) is 4.79 Å². The molecule has 0 fully saturated rings. The number of hydrogen-bond donors (Lipinski definition) is 1. The molecule has 0 aromatic carbocycles. The fourth-order valence-corrected chi connectivity index (χ4v) is 0.821. The van der Waals surface area contributed by atoms with Crippen LogP contribution in [0.25, 0.3) is 0 Å². The second-order valence-electron chi connectivity index (χ2n) is 2.43. The van der Waals surface area contributed by atoms with Crippen molar-refractivity contribution in [1.82, 2.24) is 15.3 Å². The molecule has 4 heteroatoms. The molecule has 0 amide bonds. The molecule has 0 unspecified atom stereocenters. The molecule has 1 aromatic rings. The number of hydrogen-bond acceptors (Lipinski definition) is 4. The van der Waals surface area contributed by atoms with Gasteiger partial charge in [0.1, 0.15) is 5.69 Å². The third kappa shape index (κ3) is 3.13. The van der Waals surface area contributed by atoms with Crippen LogP contribution in [0.3, 0.4) is 0 Å². The van der Waals surface area contributed by atoms with Crippen LogP contribution in [-0.2, 0) is 0 Å². The van der Waals surface area contributed by atoms with Gasteiger partial charge >= 0.3 is 0 Å². The summed E-state index contributed by atoms with van der Waals surface area (Å²) < 4.78 is 0. The molecule has 4 nitrogen and oxygen atoms in total. The Morgan fingerprint density at radius 3 is 3.08 bits per heavy atom. The van der Waals surface area contributed by atoms with E-state index in [1.165, 1.54) is 18.6 Å². The van der Waals surface area contributed by atoms with Crippen LogP contribution in [0.2, 0.25) is 0 Å². The van der Waals surface area contributed by atoms with Gasteiger partial charge in [0.15, 0.2) is 5.78 Å². The quantitative estimate of drug-likeness (QED) is 0.402. The fraction of sp³-hybridized carbons (Fsp3) is 0.222. The maximum Gasteiger partial charge on any atom is 0.196 e. The zero-order chi connectivity index (χ0) is 9.52. The lowest BCUT2D eigenvalue weighted by atomic mass is 10.3. The van der Waals surface area contributed by atoms with Gasteiger partial charge in [-0.2, -0.15) is 0 Å². The fourth-order valence-electron chi connectivity index (χ4n) is 0.821. The van der Waals surface area contributed by atoms with Crippen molar-refractivity contribution >= 4 is 5.78 Å². The highest BCUT2D eigenvalue weighted by molar-refractivity contribution is 5.95. The summed E-state index contributed by atoms with van der Waals surface area (Å²) in [6, 6.07) is 0. The zero-order valence-electron chi connectivity index (χ0n) is 7.23. The zero-order valence-corrected chi connectivity index (χ0v) is 7.23. The number of Topliss-reactive ketones (excluding diaryl/α,β-unsaturated/α-hetero) is 1. The van der Waals surface area contributed by atoms with Gasteiger partial charge < -0.3 is 5.32 Å². The van der Waals surface area contributed by atoms with Gasteiger partial charge in [0, 0.05) is 18.9 Å². The van der Waals surface area contributed by atoms with Crippen molar-refractivity contribution in [2.24, 2.45) is 0 Å². The summed E-state index contributed by atoms with van der Waals surface area (Å²) >= 11 is 0. The molecule has 0 aliphatic heterocycles. The number of carbonyl (C=O) groups is 1. The summed E-state index contributed by atoms with van der Waals surface area (Å²) in [6.45, 7) is 4.41. The first-order chi connectivity index (χ1) is 6.34. The first-order valence-electron chi connectivity index (χ1n) is 3.95. The minimum absolute atomic E-state index is 0.0602. The average molecular weight is 177 g/mol. The predicted molar refractivity (Wildman–Crippen MR) is 49.4 cm³/mol. The Labute approximate surface area is 76.7 Å². The smallest absolute Gasteiger partial charge is 0.196 e. The lowest BCUT2D eigenvalue weighted by Gasteiger charge is -1.99. The molecule has 1 heterocycles. The molecule has 0 spiro atoms. The third-order valence-electron chi connectivity index (χ3n) is 1.42. The topological polar surface area (TPSA) is 54.9 Å². The summed E-state index contributed by atoms with van der Waals surface area (Å²) in [6.07, 6.45) is 6.19. The second kappa shape index (κ2) is 5.16. The molecule has 0 saturated heterocycles. The number of nitrogens with one attached hydrogen (secondary N) is 1. The number of nitrogens with zero attached hydrogens (tertiary/aromatic N) is 2. The van der Waals surface area contributed by atoms with Crippen molar-refractivity contribution < 1.29 is 4.79 Å². The van der Waals surface area contributed by atoms with Crippen LogP contribution in [0.5, 0.6) is 0 Å². The van der Waals surface area contributed by atoms with Crippen molar-refractivity contribution in [3.8, 4) is 0 Å². The lowest BCUT2D eigenvalue weighted by Crippen LogP contribution is -2.23. The minimum Gasteiger partial charge on any atom is -0.306 e. The Morgan fingerprint density at radius 2 is 2.46 bits per heavy atom. The maximum absolute atomic E-state index is 11.3. The predicted octanol–water partition coefficient (Wildman–Crippen LogP) is 0.435. The minimum atomic E-state index is -0.0602. The van der Waals surface area contributed by atoms with Gasteiger partial charge in [-0.25, -0.2) is 4.98 Å². The Balaban J connectivity index is 2.45. The number of rotatable bonds is 5. The van der Waals surface area contributed by atoms with E-state index in [1.54, 1.807) is 6.08 Å². The average Bonchev–Trinajstić information content (AvgIpc) is 2.19. The third-order valence-corrected chi connectivity index (χ3v) is 1.42. The molecular formula is C9H11N3O. The van der Waals surface area contributed by atoms with Gasteiger partial charge in [-0.3, -0.25) is 9.78 Å². The first-order valence-corrected chi connectivity index (χ1v) is 3.95. The maximum atomic E-state index is 11.3. The van der Waals surface area contributed by atoms with E-state index in [0.717, 1.165) is 0 Å². The van der Waals surface area contributed by atoms with Crippen molar-refractivity contribution in [2.45, 2.75) is 0 Å². The number of aromatic nitrogens is 2. The number of ketones is 1. The van der Waals surface area contributed by atoms with E-state index in [0.29, 0.717) is 12.2 Å². The SMILES string of the molecule is C=CCNCC(=O)c1cnccn1. The largest absolute Gasteiger partial charge is 0.306 e.